The average molecular weight is 289 g/mol. The highest BCUT2D eigenvalue weighted by molar-refractivity contribution is 9.11. The molecule has 2 rings (SSSR count). The maximum atomic E-state index is 11.4. The zero-order valence-corrected chi connectivity index (χ0v) is 9.69. The lowest BCUT2D eigenvalue weighted by Crippen LogP contribution is -2.16. The number of ether oxygens (including phenoxy) is 1. The lowest BCUT2D eigenvalue weighted by atomic mass is 10.5. The molecule has 1 aliphatic heterocycles. The van der Waals surface area contributed by atoms with E-state index in [0.717, 1.165) is 5.41 Å². The topological polar surface area (TPSA) is 68.6 Å². The van der Waals surface area contributed by atoms with E-state index in [0.29, 0.717) is 5.75 Å². The van der Waals surface area contributed by atoms with E-state index < -0.39 is 9.84 Å². The van der Waals surface area contributed by atoms with Crippen LogP contribution >= 0.6 is 15.9 Å². The molecule has 0 spiro atoms. The van der Waals surface area contributed by atoms with E-state index in [1.54, 1.807) is 18.3 Å². The number of halogens is 1. The van der Waals surface area contributed by atoms with Gasteiger partial charge in [0.15, 0.2) is 0 Å². The van der Waals surface area contributed by atoms with Crippen LogP contribution in [0, 0.1) is 0 Å². The van der Waals surface area contributed by atoms with Gasteiger partial charge in [0.1, 0.15) is 10.4 Å². The number of hydrogen-bond donors (Lipinski definition) is 0. The first kappa shape index (κ1) is 10.3. The van der Waals surface area contributed by atoms with Gasteiger partial charge in [0.25, 0.3) is 9.84 Å². The number of nitrogens with zero attached hydrogens (tertiary/aromatic N) is 2. The molecule has 0 radical (unpaired) electrons. The largest absolute Gasteiger partial charge is 0.428 e. The summed E-state index contributed by atoms with van der Waals surface area (Å²) in [6.45, 7) is 0. The molecule has 0 unspecified atom stereocenters. The van der Waals surface area contributed by atoms with Crippen molar-refractivity contribution in [2.75, 3.05) is 0 Å². The Labute approximate surface area is 94.6 Å². The van der Waals surface area contributed by atoms with Crippen LogP contribution in [0.1, 0.15) is 0 Å². The van der Waals surface area contributed by atoms with Gasteiger partial charge in [-0.25, -0.2) is 8.42 Å². The Morgan fingerprint density at radius 3 is 2.73 bits per heavy atom. The summed E-state index contributed by atoms with van der Waals surface area (Å²) in [6, 6.07) is 3.23. The van der Waals surface area contributed by atoms with E-state index in [1.165, 1.54) is 6.20 Å². The molecule has 0 amide bonds. The van der Waals surface area contributed by atoms with E-state index >= 15 is 0 Å². The normalized spacial score (nSPS) is 18.2. The molecule has 0 atom stereocenters. The van der Waals surface area contributed by atoms with E-state index in [9.17, 15) is 8.42 Å². The summed E-state index contributed by atoms with van der Waals surface area (Å²) in [5.41, 5.74) is 0. The number of rotatable bonds is 1. The molecule has 15 heavy (non-hydrogen) atoms. The maximum absolute atomic E-state index is 11.4. The van der Waals surface area contributed by atoms with E-state index in [1.807, 2.05) is 0 Å². The number of sulfone groups is 1. The zero-order valence-electron chi connectivity index (χ0n) is 7.29. The van der Waals surface area contributed by atoms with Gasteiger partial charge in [-0.3, -0.25) is 4.98 Å². The van der Waals surface area contributed by atoms with Crippen LogP contribution in [0.3, 0.4) is 0 Å². The van der Waals surface area contributed by atoms with Gasteiger partial charge in [0.2, 0.25) is 0 Å². The highest BCUT2D eigenvalue weighted by Crippen LogP contribution is 2.21. The Kier molecular flexibility index (Phi) is 2.57. The average Bonchev–Trinajstić information content (AvgIpc) is 2.41. The highest BCUT2D eigenvalue weighted by atomic mass is 79.9. The van der Waals surface area contributed by atoms with Crippen molar-refractivity contribution in [1.29, 1.82) is 0 Å². The van der Waals surface area contributed by atoms with Crippen LogP contribution in [-0.4, -0.2) is 18.6 Å². The summed E-state index contributed by atoms with van der Waals surface area (Å²) in [4.78, 5) is 7.48. The number of aliphatic imine (C=N–C) groups is 1. The predicted molar refractivity (Wildman–Crippen MR) is 58.2 cm³/mol. The van der Waals surface area contributed by atoms with Crippen LogP contribution < -0.4 is 4.74 Å². The van der Waals surface area contributed by atoms with Gasteiger partial charge < -0.3 is 4.74 Å². The van der Waals surface area contributed by atoms with Crippen molar-refractivity contribution in [1.82, 2.24) is 4.98 Å². The SMILES string of the molecule is O=S1(=O)C=C(Br)N=C1Oc1cccnc1. The molecule has 0 saturated carbocycles. The van der Waals surface area contributed by atoms with Crippen LogP contribution in [0.5, 0.6) is 5.75 Å². The van der Waals surface area contributed by atoms with Crippen LogP contribution in [-0.2, 0) is 9.84 Å². The Bertz CT molecular complexity index is 536. The standard InChI is InChI=1S/C8H5BrN2O3S/c9-7-5-15(12,13)8(11-7)14-6-2-1-3-10-4-6/h1-5H. The molecular formula is C8H5BrN2O3S. The summed E-state index contributed by atoms with van der Waals surface area (Å²) in [7, 11) is -3.54. The first-order valence-corrected chi connectivity index (χ1v) is 6.21. The van der Waals surface area contributed by atoms with Crippen molar-refractivity contribution < 1.29 is 13.2 Å². The third-order valence-electron chi connectivity index (χ3n) is 1.53. The first-order chi connectivity index (χ1) is 7.08. The number of hydrogen-bond acceptors (Lipinski definition) is 5. The Balaban J connectivity index is 2.27. The van der Waals surface area contributed by atoms with E-state index in [4.69, 9.17) is 4.74 Å². The maximum Gasteiger partial charge on any atom is 0.320 e. The van der Waals surface area contributed by atoms with Gasteiger partial charge >= 0.3 is 5.23 Å². The molecule has 0 fully saturated rings. The van der Waals surface area contributed by atoms with Crippen LogP contribution in [0.2, 0.25) is 0 Å². The molecule has 5 nitrogen and oxygen atoms in total. The molecule has 0 N–H and O–H groups in total. The first-order valence-electron chi connectivity index (χ1n) is 3.87. The second kappa shape index (κ2) is 3.74. The number of pyridine rings is 1. The predicted octanol–water partition coefficient (Wildman–Crippen LogP) is 1.44. The van der Waals surface area contributed by atoms with Gasteiger partial charge in [-0.15, -0.1) is 0 Å². The van der Waals surface area contributed by atoms with Crippen LogP contribution in [0.15, 0.2) is 39.5 Å². The highest BCUT2D eigenvalue weighted by Gasteiger charge is 2.26. The fourth-order valence-corrected chi connectivity index (χ4v) is 2.81. The summed E-state index contributed by atoms with van der Waals surface area (Å²) in [5.74, 6) is 0.329. The molecule has 0 saturated heterocycles. The molecule has 1 aromatic rings. The second-order valence-electron chi connectivity index (χ2n) is 2.65. The Morgan fingerprint density at radius 1 is 1.40 bits per heavy atom. The quantitative estimate of drug-likeness (QED) is 0.734. The van der Waals surface area contributed by atoms with Gasteiger partial charge in [0, 0.05) is 6.20 Å². The minimum Gasteiger partial charge on any atom is -0.428 e. The Morgan fingerprint density at radius 2 is 2.20 bits per heavy atom. The summed E-state index contributed by atoms with van der Waals surface area (Å²) >= 11 is 2.97. The van der Waals surface area contributed by atoms with E-state index in [-0.39, 0.29) is 9.84 Å². The van der Waals surface area contributed by atoms with Crippen LogP contribution in [0.25, 0.3) is 0 Å². The van der Waals surface area contributed by atoms with Crippen molar-refractivity contribution >= 4 is 31.0 Å². The van der Waals surface area contributed by atoms with Crippen molar-refractivity contribution in [3.8, 4) is 5.75 Å². The van der Waals surface area contributed by atoms with E-state index in [2.05, 4.69) is 25.9 Å². The fraction of sp³-hybridized carbons (Fsp3) is 0. The molecule has 0 aromatic carbocycles. The molecular weight excluding hydrogens is 284 g/mol. The van der Waals surface area contributed by atoms with Crippen molar-refractivity contribution in [3.05, 3.63) is 34.5 Å². The third-order valence-corrected chi connectivity index (χ3v) is 3.44. The summed E-state index contributed by atoms with van der Waals surface area (Å²) in [6.07, 6.45) is 2.97. The van der Waals surface area contributed by atoms with Crippen molar-refractivity contribution in [2.45, 2.75) is 0 Å². The molecule has 1 aromatic heterocycles. The zero-order chi connectivity index (χ0) is 10.9. The summed E-state index contributed by atoms with van der Waals surface area (Å²) in [5, 5.41) is 0.640. The molecule has 0 aliphatic carbocycles. The fourth-order valence-electron chi connectivity index (χ4n) is 0.945. The smallest absolute Gasteiger partial charge is 0.320 e. The minimum atomic E-state index is -3.54. The lowest BCUT2D eigenvalue weighted by molar-refractivity contribution is 0.547. The van der Waals surface area contributed by atoms with Gasteiger partial charge in [-0.05, 0) is 28.1 Å². The number of aromatic nitrogens is 1. The Hall–Kier alpha value is -1.21. The monoisotopic (exact) mass is 288 g/mol. The molecule has 2 heterocycles. The van der Waals surface area contributed by atoms with Gasteiger partial charge in [-0.1, -0.05) is 0 Å². The molecule has 1 aliphatic rings. The molecule has 78 valence electrons. The summed E-state index contributed by atoms with van der Waals surface area (Å²) < 4.78 is 28.1. The molecule has 0 bridgehead atoms. The van der Waals surface area contributed by atoms with Crippen LogP contribution in [0.4, 0.5) is 0 Å². The lowest BCUT2D eigenvalue weighted by Gasteiger charge is -2.02. The van der Waals surface area contributed by atoms with Gasteiger partial charge in [0.05, 0.1) is 11.6 Å². The van der Waals surface area contributed by atoms with Crippen molar-refractivity contribution in [3.63, 3.8) is 0 Å². The van der Waals surface area contributed by atoms with Gasteiger partial charge in [-0.2, -0.15) is 4.99 Å². The minimum absolute atomic E-state index is 0.224. The second-order valence-corrected chi connectivity index (χ2v) is 5.14. The van der Waals surface area contributed by atoms with Crippen molar-refractivity contribution in [2.24, 2.45) is 4.99 Å². The third kappa shape index (κ3) is 2.24. The molecule has 7 heteroatoms.